The molecule has 2 N–H and O–H groups in total. The molecule has 3 aromatic carbocycles. The normalized spacial score (nSPS) is 14.7. The molecular formula is C29H31N5O4S2. The summed E-state index contributed by atoms with van der Waals surface area (Å²) < 4.78 is 35.2. The van der Waals surface area contributed by atoms with Gasteiger partial charge in [0.05, 0.1) is 30.2 Å². The maximum atomic E-state index is 13.4. The summed E-state index contributed by atoms with van der Waals surface area (Å²) in [4.78, 5) is 0.114. The lowest BCUT2D eigenvalue weighted by atomic mass is 10.1. The number of thiocarbonyl (C=S) groups is 1. The van der Waals surface area contributed by atoms with Gasteiger partial charge in [-0.25, -0.2) is 8.42 Å². The molecule has 2 heterocycles. The number of aryl methyl sites for hydroxylation is 2. The zero-order valence-electron chi connectivity index (χ0n) is 22.4. The Kier molecular flexibility index (Phi) is 8.27. The molecule has 0 radical (unpaired) electrons. The van der Waals surface area contributed by atoms with E-state index in [9.17, 15) is 13.5 Å². The van der Waals surface area contributed by atoms with Crippen molar-refractivity contribution in [2.75, 3.05) is 31.6 Å². The van der Waals surface area contributed by atoms with Gasteiger partial charge in [-0.05, 0) is 61.0 Å². The lowest BCUT2D eigenvalue weighted by molar-refractivity contribution is 0.0730. The van der Waals surface area contributed by atoms with Crippen LogP contribution in [0.15, 0.2) is 81.9 Å². The summed E-state index contributed by atoms with van der Waals surface area (Å²) >= 11 is 5.43. The fraction of sp³-hybridized carbons (Fsp3) is 0.276. The highest BCUT2D eigenvalue weighted by Gasteiger charge is 2.28. The highest BCUT2D eigenvalue weighted by molar-refractivity contribution is 7.89. The molecular weight excluding hydrogens is 546 g/mol. The number of nitrogens with zero attached hydrogens (tertiary/aromatic N) is 4. The number of aromatic nitrogens is 1. The Hall–Kier alpha value is -3.64. The third kappa shape index (κ3) is 5.78. The number of anilines is 1. The van der Waals surface area contributed by atoms with Gasteiger partial charge in [0.1, 0.15) is 0 Å². The summed E-state index contributed by atoms with van der Waals surface area (Å²) in [7, 11) is -3.77. The van der Waals surface area contributed by atoms with Crippen LogP contribution in [-0.4, -0.2) is 53.8 Å². The monoisotopic (exact) mass is 577 g/mol. The molecule has 40 heavy (non-hydrogen) atoms. The van der Waals surface area contributed by atoms with Crippen LogP contribution in [-0.2, 0) is 27.7 Å². The number of aromatic hydroxyl groups is 1. The number of ether oxygens (including phenoxy) is 1. The van der Waals surface area contributed by atoms with E-state index in [1.165, 1.54) is 4.31 Å². The van der Waals surface area contributed by atoms with Crippen molar-refractivity contribution >= 4 is 49.6 Å². The molecule has 0 amide bonds. The molecule has 0 saturated carbocycles. The summed E-state index contributed by atoms with van der Waals surface area (Å²) in [6, 6.07) is 20.6. The Balaban J connectivity index is 1.55. The minimum atomic E-state index is -3.77. The Labute approximate surface area is 239 Å². The smallest absolute Gasteiger partial charge is 0.243 e. The van der Waals surface area contributed by atoms with E-state index in [0.717, 1.165) is 28.8 Å². The van der Waals surface area contributed by atoms with Gasteiger partial charge in [-0.15, -0.1) is 10.2 Å². The van der Waals surface area contributed by atoms with Crippen molar-refractivity contribution in [3.05, 3.63) is 83.4 Å². The lowest BCUT2D eigenvalue weighted by Crippen LogP contribution is -2.40. The third-order valence-corrected chi connectivity index (χ3v) is 9.01. The van der Waals surface area contributed by atoms with Crippen molar-refractivity contribution in [1.29, 1.82) is 0 Å². The fourth-order valence-corrected chi connectivity index (χ4v) is 6.31. The molecule has 0 atom stereocenters. The zero-order chi connectivity index (χ0) is 28.3. The van der Waals surface area contributed by atoms with Crippen molar-refractivity contribution < 1.29 is 18.3 Å². The average molecular weight is 578 g/mol. The summed E-state index contributed by atoms with van der Waals surface area (Å²) in [5, 5.41) is 23.5. The van der Waals surface area contributed by atoms with E-state index < -0.39 is 10.0 Å². The molecule has 1 saturated heterocycles. The van der Waals surface area contributed by atoms with Crippen LogP contribution < -0.4 is 5.32 Å². The van der Waals surface area contributed by atoms with Gasteiger partial charge < -0.3 is 19.7 Å². The molecule has 0 bridgehead atoms. The van der Waals surface area contributed by atoms with E-state index in [1.807, 2.05) is 55.5 Å². The molecule has 1 aliphatic heterocycles. The standard InChI is InChI=1S/C29H31N5O4S2/c1-3-22-6-4-5-7-25(22)30-29(39)32-31-27-24-18-23(40(36,37)33-14-16-38-17-15-33)12-13-26(24)34(28(27)35)19-21-10-8-20(2)9-11-21/h4-13,18,35H,3,14-17,19H2,1-2H3,(H,30,39). The molecule has 208 valence electrons. The molecule has 9 nitrogen and oxygen atoms in total. The number of azo groups is 1. The van der Waals surface area contributed by atoms with Crippen LogP contribution in [0.5, 0.6) is 5.88 Å². The Morgan fingerprint density at radius 3 is 2.52 bits per heavy atom. The van der Waals surface area contributed by atoms with E-state index in [0.29, 0.717) is 30.7 Å². The van der Waals surface area contributed by atoms with Crippen molar-refractivity contribution in [1.82, 2.24) is 8.87 Å². The van der Waals surface area contributed by atoms with Gasteiger partial charge >= 0.3 is 0 Å². The Morgan fingerprint density at radius 2 is 1.80 bits per heavy atom. The summed E-state index contributed by atoms with van der Waals surface area (Å²) in [5.41, 5.74) is 4.79. The molecule has 0 spiro atoms. The number of sulfonamides is 1. The van der Waals surface area contributed by atoms with E-state index in [-0.39, 0.29) is 34.7 Å². The van der Waals surface area contributed by atoms with Crippen LogP contribution in [0.3, 0.4) is 0 Å². The minimum absolute atomic E-state index is 0.114. The third-order valence-electron chi connectivity index (χ3n) is 6.93. The van der Waals surface area contributed by atoms with E-state index in [2.05, 4.69) is 22.5 Å². The number of morpholine rings is 1. The topological polar surface area (TPSA) is 109 Å². The summed E-state index contributed by atoms with van der Waals surface area (Å²) in [6.07, 6.45) is 0.816. The zero-order valence-corrected chi connectivity index (χ0v) is 24.0. The molecule has 1 aromatic heterocycles. The van der Waals surface area contributed by atoms with E-state index in [1.54, 1.807) is 22.8 Å². The van der Waals surface area contributed by atoms with Crippen LogP contribution in [0.4, 0.5) is 11.4 Å². The van der Waals surface area contributed by atoms with Gasteiger partial charge in [-0.1, -0.05) is 55.0 Å². The average Bonchev–Trinajstić information content (AvgIpc) is 3.23. The highest BCUT2D eigenvalue weighted by atomic mass is 32.2. The summed E-state index contributed by atoms with van der Waals surface area (Å²) in [6.45, 7) is 5.68. The van der Waals surface area contributed by atoms with Crippen LogP contribution in [0.25, 0.3) is 10.9 Å². The van der Waals surface area contributed by atoms with E-state index in [4.69, 9.17) is 17.0 Å². The number of benzene rings is 3. The fourth-order valence-electron chi connectivity index (χ4n) is 4.72. The van der Waals surface area contributed by atoms with Crippen LogP contribution >= 0.6 is 12.2 Å². The predicted octanol–water partition coefficient (Wildman–Crippen LogP) is 5.77. The van der Waals surface area contributed by atoms with Crippen molar-refractivity contribution in [3.8, 4) is 5.88 Å². The number of para-hydroxylation sites is 1. The highest BCUT2D eigenvalue weighted by Crippen LogP contribution is 2.41. The van der Waals surface area contributed by atoms with Crippen LogP contribution in [0.1, 0.15) is 23.6 Å². The quantitative estimate of drug-likeness (QED) is 0.213. The molecule has 1 aliphatic rings. The van der Waals surface area contributed by atoms with Crippen LogP contribution in [0.2, 0.25) is 0 Å². The Morgan fingerprint density at radius 1 is 1.07 bits per heavy atom. The minimum Gasteiger partial charge on any atom is -0.493 e. The van der Waals surface area contributed by atoms with E-state index >= 15 is 0 Å². The SMILES string of the molecule is CCc1ccccc1NC(=S)N=Nc1c(O)n(Cc2ccc(C)cc2)c2ccc(S(=O)(=O)N3CCOCC3)cc12. The summed E-state index contributed by atoms with van der Waals surface area (Å²) in [5.74, 6) is -0.128. The van der Waals surface area contributed by atoms with Gasteiger partial charge in [0.25, 0.3) is 0 Å². The van der Waals surface area contributed by atoms with Crippen molar-refractivity contribution in [3.63, 3.8) is 0 Å². The first-order chi connectivity index (χ1) is 19.3. The number of nitrogens with one attached hydrogen (secondary N) is 1. The molecule has 1 fully saturated rings. The van der Waals surface area contributed by atoms with Gasteiger partial charge in [-0.3, -0.25) is 0 Å². The van der Waals surface area contributed by atoms with Crippen molar-refractivity contribution in [2.45, 2.75) is 31.7 Å². The molecule has 0 unspecified atom stereocenters. The van der Waals surface area contributed by atoms with Gasteiger partial charge in [-0.2, -0.15) is 4.31 Å². The maximum Gasteiger partial charge on any atom is 0.243 e. The van der Waals surface area contributed by atoms with Gasteiger partial charge in [0.15, 0.2) is 5.69 Å². The first-order valence-corrected chi connectivity index (χ1v) is 14.9. The molecule has 5 rings (SSSR count). The van der Waals surface area contributed by atoms with Crippen LogP contribution in [0, 0.1) is 6.92 Å². The second-order valence-corrected chi connectivity index (χ2v) is 11.9. The first kappa shape index (κ1) is 27.9. The number of hydrogen-bond acceptors (Lipinski definition) is 6. The first-order valence-electron chi connectivity index (χ1n) is 13.1. The van der Waals surface area contributed by atoms with Gasteiger partial charge in [0.2, 0.25) is 21.0 Å². The number of fused-ring (bicyclic) bond motifs is 1. The predicted molar refractivity (Wildman–Crippen MR) is 160 cm³/mol. The second-order valence-electron chi connectivity index (χ2n) is 9.58. The number of hydrogen-bond donors (Lipinski definition) is 2. The maximum absolute atomic E-state index is 13.4. The molecule has 4 aromatic rings. The number of rotatable bonds is 7. The largest absolute Gasteiger partial charge is 0.493 e. The molecule has 0 aliphatic carbocycles. The Bertz CT molecular complexity index is 1670. The van der Waals surface area contributed by atoms with Gasteiger partial charge in [0, 0.05) is 24.2 Å². The van der Waals surface area contributed by atoms with Crippen molar-refractivity contribution in [2.24, 2.45) is 10.2 Å². The second kappa shape index (κ2) is 11.8. The lowest BCUT2D eigenvalue weighted by Gasteiger charge is -2.26. The molecule has 11 heteroatoms.